The first-order valence-corrected chi connectivity index (χ1v) is 7.89. The zero-order valence-electron chi connectivity index (χ0n) is 13.4. The molecule has 4 heteroatoms. The normalized spacial score (nSPS) is 17.4. The number of halogens is 1. The fourth-order valence-corrected chi connectivity index (χ4v) is 3.05. The van der Waals surface area contributed by atoms with Crippen LogP contribution in [-0.4, -0.2) is 38.2 Å². The number of nitrogens with one attached hydrogen (secondary N) is 1. The minimum atomic E-state index is -0.299. The molecule has 21 heavy (non-hydrogen) atoms. The molecule has 1 atom stereocenters. The Morgan fingerprint density at radius 3 is 2.71 bits per heavy atom. The summed E-state index contributed by atoms with van der Waals surface area (Å²) in [5, 5.41) is 3.47. The lowest BCUT2D eigenvalue weighted by atomic mass is 10.1. The van der Waals surface area contributed by atoms with Crippen LogP contribution in [0.1, 0.15) is 44.2 Å². The van der Waals surface area contributed by atoms with Gasteiger partial charge in [-0.2, -0.15) is 0 Å². The Hall–Kier alpha value is -1.13. The molecule has 2 rings (SSSR count). The molecule has 1 saturated carbocycles. The third kappa shape index (κ3) is 4.42. The van der Waals surface area contributed by atoms with Gasteiger partial charge in [0.25, 0.3) is 0 Å². The molecule has 0 aliphatic heterocycles. The summed E-state index contributed by atoms with van der Waals surface area (Å²) < 4.78 is 18.7. The number of rotatable bonds is 7. The molecule has 1 aliphatic carbocycles. The Morgan fingerprint density at radius 2 is 2.10 bits per heavy atom. The number of likely N-dealkylation sites (N-methyl/N-ethyl adjacent to an activating group) is 1. The van der Waals surface area contributed by atoms with E-state index >= 15 is 0 Å². The molecular formula is C17H27FN2O. The lowest BCUT2D eigenvalue weighted by molar-refractivity contribution is 0.243. The van der Waals surface area contributed by atoms with Crippen LogP contribution in [0, 0.1) is 5.82 Å². The number of hydrogen-bond acceptors (Lipinski definition) is 3. The van der Waals surface area contributed by atoms with Gasteiger partial charge >= 0.3 is 0 Å². The summed E-state index contributed by atoms with van der Waals surface area (Å²) in [6, 6.07) is 6.05. The highest BCUT2D eigenvalue weighted by molar-refractivity contribution is 5.30. The molecule has 118 valence electrons. The van der Waals surface area contributed by atoms with Gasteiger partial charge in [0.15, 0.2) is 11.6 Å². The highest BCUT2D eigenvalue weighted by Gasteiger charge is 2.19. The Morgan fingerprint density at radius 1 is 1.38 bits per heavy atom. The summed E-state index contributed by atoms with van der Waals surface area (Å²) in [4.78, 5) is 2.45. The van der Waals surface area contributed by atoms with Gasteiger partial charge in [0.2, 0.25) is 0 Å². The Bertz CT molecular complexity index is 446. The van der Waals surface area contributed by atoms with Crippen LogP contribution in [0.5, 0.6) is 5.75 Å². The largest absolute Gasteiger partial charge is 0.494 e. The van der Waals surface area contributed by atoms with Crippen molar-refractivity contribution in [1.82, 2.24) is 10.2 Å². The highest BCUT2D eigenvalue weighted by Crippen LogP contribution is 2.23. The van der Waals surface area contributed by atoms with Crippen LogP contribution >= 0.6 is 0 Å². The fraction of sp³-hybridized carbons (Fsp3) is 0.647. The third-order valence-electron chi connectivity index (χ3n) is 4.54. The predicted octanol–water partition coefficient (Wildman–Crippen LogP) is 3.36. The van der Waals surface area contributed by atoms with Crippen LogP contribution in [-0.2, 0) is 0 Å². The number of hydrogen-bond donors (Lipinski definition) is 1. The monoisotopic (exact) mass is 294 g/mol. The van der Waals surface area contributed by atoms with Gasteiger partial charge in [0.1, 0.15) is 0 Å². The van der Waals surface area contributed by atoms with Gasteiger partial charge in [-0.1, -0.05) is 18.9 Å². The van der Waals surface area contributed by atoms with E-state index in [0.717, 1.165) is 24.7 Å². The smallest absolute Gasteiger partial charge is 0.165 e. The summed E-state index contributed by atoms with van der Waals surface area (Å²) in [5.74, 6) is -0.00126. The van der Waals surface area contributed by atoms with Crippen molar-refractivity contribution in [2.75, 3.05) is 27.2 Å². The maximum atomic E-state index is 13.7. The molecule has 0 radical (unpaired) electrons. The summed E-state index contributed by atoms with van der Waals surface area (Å²) in [6.07, 6.45) is 5.39. The SMILES string of the molecule is COc1ccc(C(C)NCCN(C)C2CCCC2)cc1F. The van der Waals surface area contributed by atoms with Crippen molar-refractivity contribution in [2.24, 2.45) is 0 Å². The van der Waals surface area contributed by atoms with E-state index in [1.54, 1.807) is 12.1 Å². The van der Waals surface area contributed by atoms with Gasteiger partial charge < -0.3 is 15.0 Å². The molecule has 1 aromatic rings. The highest BCUT2D eigenvalue weighted by atomic mass is 19.1. The van der Waals surface area contributed by atoms with Crippen LogP contribution < -0.4 is 10.1 Å². The maximum absolute atomic E-state index is 13.7. The average Bonchev–Trinajstić information content (AvgIpc) is 3.01. The zero-order chi connectivity index (χ0) is 15.2. The van der Waals surface area contributed by atoms with E-state index in [1.165, 1.54) is 32.8 Å². The van der Waals surface area contributed by atoms with E-state index in [1.807, 2.05) is 6.07 Å². The second-order valence-corrected chi connectivity index (χ2v) is 5.99. The van der Waals surface area contributed by atoms with Gasteiger partial charge in [0.05, 0.1) is 7.11 Å². The molecule has 0 aromatic heterocycles. The summed E-state index contributed by atoms with van der Waals surface area (Å²) >= 11 is 0. The number of nitrogens with zero attached hydrogens (tertiary/aromatic N) is 1. The van der Waals surface area contributed by atoms with E-state index in [9.17, 15) is 4.39 Å². The molecule has 0 spiro atoms. The van der Waals surface area contributed by atoms with E-state index in [2.05, 4.69) is 24.2 Å². The molecule has 1 unspecified atom stereocenters. The second kappa shape index (κ2) is 7.76. The van der Waals surface area contributed by atoms with E-state index in [-0.39, 0.29) is 11.9 Å². The number of methoxy groups -OCH3 is 1. The predicted molar refractivity (Wildman–Crippen MR) is 84.3 cm³/mol. The first kappa shape index (κ1) is 16.2. The number of benzene rings is 1. The zero-order valence-corrected chi connectivity index (χ0v) is 13.4. The Balaban J connectivity index is 1.78. The van der Waals surface area contributed by atoms with Crippen LogP contribution in [0.3, 0.4) is 0 Å². The molecular weight excluding hydrogens is 267 g/mol. The third-order valence-corrected chi connectivity index (χ3v) is 4.54. The van der Waals surface area contributed by atoms with Crippen molar-refractivity contribution in [3.8, 4) is 5.75 Å². The fourth-order valence-electron chi connectivity index (χ4n) is 3.05. The summed E-state index contributed by atoms with van der Waals surface area (Å²) in [6.45, 7) is 4.02. The molecule has 0 heterocycles. The van der Waals surface area contributed by atoms with Crippen LogP contribution in [0.15, 0.2) is 18.2 Å². The van der Waals surface area contributed by atoms with Crippen LogP contribution in [0.2, 0.25) is 0 Å². The van der Waals surface area contributed by atoms with E-state index < -0.39 is 0 Å². The Kier molecular flexibility index (Phi) is 6.00. The molecule has 1 aliphatic rings. The molecule has 0 saturated heterocycles. The van der Waals surface area contributed by atoms with Crippen molar-refractivity contribution in [3.63, 3.8) is 0 Å². The summed E-state index contributed by atoms with van der Waals surface area (Å²) in [5.41, 5.74) is 0.955. The lowest BCUT2D eigenvalue weighted by Gasteiger charge is -2.25. The molecule has 3 nitrogen and oxygen atoms in total. The van der Waals surface area contributed by atoms with Crippen molar-refractivity contribution in [1.29, 1.82) is 0 Å². The maximum Gasteiger partial charge on any atom is 0.165 e. The van der Waals surface area contributed by atoms with Crippen molar-refractivity contribution in [2.45, 2.75) is 44.7 Å². The van der Waals surface area contributed by atoms with E-state index in [0.29, 0.717) is 5.75 Å². The number of ether oxygens (including phenoxy) is 1. The molecule has 1 N–H and O–H groups in total. The summed E-state index contributed by atoms with van der Waals surface area (Å²) in [7, 11) is 3.69. The van der Waals surface area contributed by atoms with Crippen molar-refractivity contribution >= 4 is 0 Å². The molecule has 1 fully saturated rings. The van der Waals surface area contributed by atoms with Gasteiger partial charge in [-0.3, -0.25) is 0 Å². The molecule has 0 amide bonds. The van der Waals surface area contributed by atoms with E-state index in [4.69, 9.17) is 4.74 Å². The van der Waals surface area contributed by atoms with Crippen molar-refractivity contribution in [3.05, 3.63) is 29.6 Å². The first-order valence-electron chi connectivity index (χ1n) is 7.89. The van der Waals surface area contributed by atoms with Crippen LogP contribution in [0.4, 0.5) is 4.39 Å². The molecule has 1 aromatic carbocycles. The minimum absolute atomic E-state index is 0.141. The average molecular weight is 294 g/mol. The van der Waals surface area contributed by atoms with Crippen molar-refractivity contribution < 1.29 is 9.13 Å². The molecule has 0 bridgehead atoms. The first-order chi connectivity index (χ1) is 10.1. The topological polar surface area (TPSA) is 24.5 Å². The van der Waals surface area contributed by atoms with Gasteiger partial charge in [-0.25, -0.2) is 4.39 Å². The minimum Gasteiger partial charge on any atom is -0.494 e. The van der Waals surface area contributed by atoms with Crippen LogP contribution in [0.25, 0.3) is 0 Å². The van der Waals surface area contributed by atoms with Gasteiger partial charge in [-0.05, 0) is 44.5 Å². The Labute approximate surface area is 127 Å². The second-order valence-electron chi connectivity index (χ2n) is 5.99. The van der Waals surface area contributed by atoms with Gasteiger partial charge in [0, 0.05) is 25.2 Å². The quantitative estimate of drug-likeness (QED) is 0.834. The lowest BCUT2D eigenvalue weighted by Crippen LogP contribution is -2.36. The standard InChI is InChI=1S/C17H27FN2O/c1-13(14-8-9-17(21-3)16(18)12-14)19-10-11-20(2)15-6-4-5-7-15/h8-9,12-13,15,19H,4-7,10-11H2,1-3H3. The van der Waals surface area contributed by atoms with Gasteiger partial charge in [-0.15, -0.1) is 0 Å².